The fourth-order valence-electron chi connectivity index (χ4n) is 1.52. The van der Waals surface area contributed by atoms with E-state index in [-0.39, 0.29) is 12.4 Å². The van der Waals surface area contributed by atoms with Gasteiger partial charge in [0.1, 0.15) is 18.2 Å². The zero-order chi connectivity index (χ0) is 13.0. The van der Waals surface area contributed by atoms with Crippen LogP contribution in [-0.4, -0.2) is 0 Å². The molecular formula is C14H11FN2O. The Balaban J connectivity index is 2.12. The van der Waals surface area contributed by atoms with Crippen LogP contribution in [0.4, 0.5) is 10.1 Å². The van der Waals surface area contributed by atoms with E-state index in [0.29, 0.717) is 22.6 Å². The first-order valence-corrected chi connectivity index (χ1v) is 5.36. The van der Waals surface area contributed by atoms with Gasteiger partial charge in [0.25, 0.3) is 0 Å². The molecular weight excluding hydrogens is 231 g/mol. The first-order valence-electron chi connectivity index (χ1n) is 5.36. The van der Waals surface area contributed by atoms with Crippen molar-refractivity contribution in [3.8, 4) is 11.8 Å². The minimum absolute atomic E-state index is 0.1000. The van der Waals surface area contributed by atoms with Crippen LogP contribution in [0.15, 0.2) is 42.5 Å². The Kier molecular flexibility index (Phi) is 3.44. The topological polar surface area (TPSA) is 59.0 Å². The molecule has 0 aromatic heterocycles. The summed E-state index contributed by atoms with van der Waals surface area (Å²) in [6, 6.07) is 13.1. The Labute approximate surface area is 104 Å². The number of hydrogen-bond donors (Lipinski definition) is 1. The van der Waals surface area contributed by atoms with Crippen molar-refractivity contribution in [2.24, 2.45) is 0 Å². The van der Waals surface area contributed by atoms with Gasteiger partial charge < -0.3 is 10.5 Å². The van der Waals surface area contributed by atoms with Crippen LogP contribution >= 0.6 is 0 Å². The Morgan fingerprint density at radius 2 is 2.00 bits per heavy atom. The lowest BCUT2D eigenvalue weighted by Gasteiger charge is -2.09. The molecule has 0 atom stereocenters. The van der Waals surface area contributed by atoms with E-state index in [1.54, 1.807) is 30.3 Å². The van der Waals surface area contributed by atoms with E-state index in [4.69, 9.17) is 15.7 Å². The highest BCUT2D eigenvalue weighted by Gasteiger charge is 2.05. The lowest BCUT2D eigenvalue weighted by Crippen LogP contribution is -2.00. The molecule has 18 heavy (non-hydrogen) atoms. The molecule has 0 saturated heterocycles. The summed E-state index contributed by atoms with van der Waals surface area (Å²) < 4.78 is 18.8. The second kappa shape index (κ2) is 5.19. The summed E-state index contributed by atoms with van der Waals surface area (Å²) in [5.41, 5.74) is 7.02. The Bertz CT molecular complexity index is 605. The van der Waals surface area contributed by atoms with Crippen molar-refractivity contribution in [3.63, 3.8) is 0 Å². The van der Waals surface area contributed by atoms with Gasteiger partial charge in [-0.15, -0.1) is 0 Å². The fourth-order valence-corrected chi connectivity index (χ4v) is 1.52. The van der Waals surface area contributed by atoms with Gasteiger partial charge in [-0.3, -0.25) is 0 Å². The van der Waals surface area contributed by atoms with Gasteiger partial charge in [0, 0.05) is 5.56 Å². The lowest BCUT2D eigenvalue weighted by molar-refractivity contribution is 0.301. The Morgan fingerprint density at radius 1 is 1.22 bits per heavy atom. The van der Waals surface area contributed by atoms with Gasteiger partial charge in [0.05, 0.1) is 17.3 Å². The van der Waals surface area contributed by atoms with Crippen LogP contribution in [0, 0.1) is 17.1 Å². The number of anilines is 1. The fraction of sp³-hybridized carbons (Fsp3) is 0.0714. The molecule has 0 aliphatic carbocycles. The molecule has 2 aromatic carbocycles. The van der Waals surface area contributed by atoms with Crippen LogP contribution in [0.3, 0.4) is 0 Å². The van der Waals surface area contributed by atoms with Gasteiger partial charge in [-0.05, 0) is 24.3 Å². The highest BCUT2D eigenvalue weighted by Crippen LogP contribution is 2.23. The van der Waals surface area contributed by atoms with E-state index in [0.717, 1.165) is 0 Å². The first kappa shape index (κ1) is 11.9. The largest absolute Gasteiger partial charge is 0.487 e. The highest BCUT2D eigenvalue weighted by molar-refractivity contribution is 5.56. The molecule has 0 aliphatic heterocycles. The summed E-state index contributed by atoms with van der Waals surface area (Å²) >= 11 is 0. The molecule has 2 rings (SSSR count). The molecule has 0 spiro atoms. The molecule has 2 aromatic rings. The quantitative estimate of drug-likeness (QED) is 0.842. The van der Waals surface area contributed by atoms with Gasteiger partial charge in [-0.2, -0.15) is 5.26 Å². The predicted molar refractivity (Wildman–Crippen MR) is 66.3 cm³/mol. The number of ether oxygens (including phenoxy) is 1. The van der Waals surface area contributed by atoms with E-state index in [1.165, 1.54) is 12.1 Å². The number of hydrogen-bond acceptors (Lipinski definition) is 3. The maximum atomic E-state index is 13.4. The average Bonchev–Trinajstić information content (AvgIpc) is 2.39. The highest BCUT2D eigenvalue weighted by atomic mass is 19.1. The number of nitrogens with two attached hydrogens (primary N) is 1. The zero-order valence-corrected chi connectivity index (χ0v) is 9.56. The first-order chi connectivity index (χ1) is 8.70. The van der Waals surface area contributed by atoms with Gasteiger partial charge in [0.15, 0.2) is 0 Å². The van der Waals surface area contributed by atoms with Crippen molar-refractivity contribution in [1.29, 1.82) is 5.26 Å². The maximum absolute atomic E-state index is 13.4. The van der Waals surface area contributed by atoms with Crippen molar-refractivity contribution in [2.45, 2.75) is 6.61 Å². The second-order valence-electron chi connectivity index (χ2n) is 3.74. The molecule has 0 saturated carbocycles. The Morgan fingerprint density at radius 3 is 2.67 bits per heavy atom. The van der Waals surface area contributed by atoms with Crippen molar-refractivity contribution >= 4 is 5.69 Å². The van der Waals surface area contributed by atoms with E-state index in [9.17, 15) is 4.39 Å². The van der Waals surface area contributed by atoms with Crippen LogP contribution < -0.4 is 10.5 Å². The summed E-state index contributed by atoms with van der Waals surface area (Å²) in [7, 11) is 0. The van der Waals surface area contributed by atoms with Crippen LogP contribution in [-0.2, 0) is 6.61 Å². The molecule has 0 fully saturated rings. The number of benzene rings is 2. The average molecular weight is 242 g/mol. The molecule has 0 unspecified atom stereocenters. The normalized spacial score (nSPS) is 9.78. The number of nitrogens with zero attached hydrogens (tertiary/aromatic N) is 1. The predicted octanol–water partition coefficient (Wildman–Crippen LogP) is 2.86. The van der Waals surface area contributed by atoms with Crippen molar-refractivity contribution in [1.82, 2.24) is 0 Å². The molecule has 3 nitrogen and oxygen atoms in total. The zero-order valence-electron chi connectivity index (χ0n) is 9.56. The molecule has 0 amide bonds. The van der Waals surface area contributed by atoms with Crippen molar-refractivity contribution < 1.29 is 9.13 Å². The molecule has 0 radical (unpaired) electrons. The van der Waals surface area contributed by atoms with E-state index < -0.39 is 0 Å². The molecule has 4 heteroatoms. The minimum atomic E-state index is -0.315. The van der Waals surface area contributed by atoms with Crippen molar-refractivity contribution in [2.75, 3.05) is 5.73 Å². The lowest BCUT2D eigenvalue weighted by atomic mass is 10.2. The number of rotatable bonds is 3. The summed E-state index contributed by atoms with van der Waals surface area (Å²) in [6.07, 6.45) is 0. The van der Waals surface area contributed by atoms with E-state index >= 15 is 0 Å². The van der Waals surface area contributed by atoms with E-state index in [2.05, 4.69) is 0 Å². The molecule has 0 bridgehead atoms. The molecule has 0 heterocycles. The monoisotopic (exact) mass is 242 g/mol. The number of nitrogen functional groups attached to an aromatic ring is 1. The number of halogens is 1. The van der Waals surface area contributed by atoms with E-state index in [1.807, 2.05) is 6.07 Å². The SMILES string of the molecule is N#Cc1ccc(OCc2ccccc2F)c(N)c1. The van der Waals surface area contributed by atoms with Crippen LogP contribution in [0.5, 0.6) is 5.75 Å². The summed E-state index contributed by atoms with van der Waals surface area (Å²) in [5, 5.41) is 8.70. The summed E-state index contributed by atoms with van der Waals surface area (Å²) in [4.78, 5) is 0. The standard InChI is InChI=1S/C14H11FN2O/c15-12-4-2-1-3-11(12)9-18-14-6-5-10(8-16)7-13(14)17/h1-7H,9,17H2. The van der Waals surface area contributed by atoms with Gasteiger partial charge in [-0.1, -0.05) is 18.2 Å². The number of nitriles is 1. The third-order valence-corrected chi connectivity index (χ3v) is 2.48. The second-order valence-corrected chi connectivity index (χ2v) is 3.74. The molecule has 90 valence electrons. The maximum Gasteiger partial charge on any atom is 0.142 e. The van der Waals surface area contributed by atoms with Crippen molar-refractivity contribution in [3.05, 3.63) is 59.4 Å². The third kappa shape index (κ3) is 2.58. The molecule has 0 aliphatic rings. The van der Waals surface area contributed by atoms with Gasteiger partial charge in [-0.25, -0.2) is 4.39 Å². The summed E-state index contributed by atoms with van der Waals surface area (Å²) in [5.74, 6) is 0.127. The Hall–Kier alpha value is -2.54. The van der Waals surface area contributed by atoms with Crippen LogP contribution in [0.1, 0.15) is 11.1 Å². The van der Waals surface area contributed by atoms with Crippen LogP contribution in [0.2, 0.25) is 0 Å². The molecule has 2 N–H and O–H groups in total. The van der Waals surface area contributed by atoms with Crippen LogP contribution in [0.25, 0.3) is 0 Å². The third-order valence-electron chi connectivity index (χ3n) is 2.48. The smallest absolute Gasteiger partial charge is 0.142 e. The summed E-state index contributed by atoms with van der Waals surface area (Å²) in [6.45, 7) is 0.1000. The van der Waals surface area contributed by atoms with Gasteiger partial charge in [0.2, 0.25) is 0 Å². The van der Waals surface area contributed by atoms with Gasteiger partial charge >= 0.3 is 0 Å². The minimum Gasteiger partial charge on any atom is -0.487 e.